The van der Waals surface area contributed by atoms with Crippen LogP contribution >= 0.6 is 0 Å². The molecule has 0 aliphatic carbocycles. The van der Waals surface area contributed by atoms with E-state index in [-0.39, 0.29) is 17.0 Å². The van der Waals surface area contributed by atoms with Gasteiger partial charge >= 0.3 is 0 Å². The first-order chi connectivity index (χ1) is 9.28. The number of benzene rings is 1. The minimum absolute atomic E-state index is 0.0836. The first-order valence-corrected chi connectivity index (χ1v) is 7.27. The van der Waals surface area contributed by atoms with Crippen LogP contribution in [0.15, 0.2) is 23.1 Å². The molecule has 0 radical (unpaired) electrons. The molecular formula is C13H16F2N2O2S. The normalized spacial score (nSPS) is 11.6. The second-order valence-electron chi connectivity index (χ2n) is 4.18. The highest BCUT2D eigenvalue weighted by molar-refractivity contribution is 7.89. The van der Waals surface area contributed by atoms with Crippen molar-refractivity contribution in [3.05, 3.63) is 29.3 Å². The summed E-state index contributed by atoms with van der Waals surface area (Å²) in [5.41, 5.74) is 6.35. The molecule has 0 spiro atoms. The van der Waals surface area contributed by atoms with E-state index in [2.05, 4.69) is 11.8 Å². The van der Waals surface area contributed by atoms with E-state index in [4.69, 9.17) is 5.73 Å². The van der Waals surface area contributed by atoms with Gasteiger partial charge in [0.2, 0.25) is 10.0 Å². The molecule has 1 aromatic rings. The maximum atomic E-state index is 12.3. The molecule has 110 valence electrons. The van der Waals surface area contributed by atoms with E-state index in [0.29, 0.717) is 4.31 Å². The highest BCUT2D eigenvalue weighted by atomic mass is 32.2. The molecule has 1 aromatic carbocycles. The third-order valence-corrected chi connectivity index (χ3v) is 4.43. The van der Waals surface area contributed by atoms with Crippen LogP contribution in [0.4, 0.5) is 8.78 Å². The van der Waals surface area contributed by atoms with Crippen molar-refractivity contribution in [1.82, 2.24) is 4.31 Å². The summed E-state index contributed by atoms with van der Waals surface area (Å²) >= 11 is 0. The molecule has 0 aromatic heterocycles. The van der Waals surface area contributed by atoms with Crippen molar-refractivity contribution in [3.8, 4) is 11.8 Å². The number of sulfonamides is 1. The zero-order valence-electron chi connectivity index (χ0n) is 11.2. The van der Waals surface area contributed by atoms with E-state index in [9.17, 15) is 17.2 Å². The summed E-state index contributed by atoms with van der Waals surface area (Å²) in [7, 11) is -2.89. The van der Waals surface area contributed by atoms with E-state index in [1.54, 1.807) is 19.1 Å². The number of rotatable bonds is 4. The summed E-state index contributed by atoms with van der Waals surface area (Å²) in [4.78, 5) is -0.0906. The molecule has 0 saturated carbocycles. The summed E-state index contributed by atoms with van der Waals surface area (Å²) < 4.78 is 49.8. The number of nitrogens with two attached hydrogens (primary N) is 1. The molecule has 4 nitrogen and oxygen atoms in total. The third kappa shape index (κ3) is 4.00. The Bertz CT molecular complexity index is 634. The zero-order chi connectivity index (χ0) is 15.3. The lowest BCUT2D eigenvalue weighted by molar-refractivity contribution is 0.126. The number of halogens is 2. The number of aryl methyl sites for hydroxylation is 1. The molecule has 0 bridgehead atoms. The first kappa shape index (κ1) is 16.6. The van der Waals surface area contributed by atoms with E-state index in [1.807, 2.05) is 0 Å². The van der Waals surface area contributed by atoms with Crippen molar-refractivity contribution in [2.75, 3.05) is 20.1 Å². The SMILES string of the molecule is Cc1ccc(S(=O)(=O)N(C)CC(F)F)c(C#CCN)c1. The molecule has 2 N–H and O–H groups in total. The van der Waals surface area contributed by atoms with Gasteiger partial charge in [-0.15, -0.1) is 0 Å². The fourth-order valence-corrected chi connectivity index (χ4v) is 2.85. The number of hydrogen-bond donors (Lipinski definition) is 1. The summed E-state index contributed by atoms with van der Waals surface area (Å²) in [6.07, 6.45) is -2.74. The minimum Gasteiger partial charge on any atom is -0.320 e. The highest BCUT2D eigenvalue weighted by Gasteiger charge is 2.25. The van der Waals surface area contributed by atoms with Gasteiger partial charge in [-0.2, -0.15) is 4.31 Å². The van der Waals surface area contributed by atoms with Gasteiger partial charge in [-0.25, -0.2) is 17.2 Å². The van der Waals surface area contributed by atoms with Crippen LogP contribution in [0.3, 0.4) is 0 Å². The van der Waals surface area contributed by atoms with Crippen LogP contribution in [0, 0.1) is 18.8 Å². The van der Waals surface area contributed by atoms with Crippen molar-refractivity contribution < 1.29 is 17.2 Å². The molecule has 0 aliphatic heterocycles. The number of hydrogen-bond acceptors (Lipinski definition) is 3. The van der Waals surface area contributed by atoms with Crippen LogP contribution in [0.25, 0.3) is 0 Å². The molecular weight excluding hydrogens is 286 g/mol. The average molecular weight is 302 g/mol. The van der Waals surface area contributed by atoms with Gasteiger partial charge in [0.05, 0.1) is 18.0 Å². The molecule has 0 aliphatic rings. The minimum atomic E-state index is -4.00. The van der Waals surface area contributed by atoms with Crippen LogP contribution in [-0.4, -0.2) is 39.3 Å². The second kappa shape index (κ2) is 6.79. The monoisotopic (exact) mass is 302 g/mol. The van der Waals surface area contributed by atoms with Gasteiger partial charge in [0, 0.05) is 12.6 Å². The van der Waals surface area contributed by atoms with Gasteiger partial charge in [0.1, 0.15) is 0 Å². The quantitative estimate of drug-likeness (QED) is 0.850. The van der Waals surface area contributed by atoms with Gasteiger partial charge in [-0.05, 0) is 24.6 Å². The second-order valence-corrected chi connectivity index (χ2v) is 6.20. The lowest BCUT2D eigenvalue weighted by Crippen LogP contribution is -2.31. The fourth-order valence-electron chi connectivity index (χ4n) is 1.57. The van der Waals surface area contributed by atoms with E-state index >= 15 is 0 Å². The van der Waals surface area contributed by atoms with E-state index in [0.717, 1.165) is 12.6 Å². The van der Waals surface area contributed by atoms with Crippen molar-refractivity contribution in [2.45, 2.75) is 18.2 Å². The fraction of sp³-hybridized carbons (Fsp3) is 0.385. The van der Waals surface area contributed by atoms with Crippen LogP contribution in [0.5, 0.6) is 0 Å². The number of alkyl halides is 2. The Morgan fingerprint density at radius 1 is 1.40 bits per heavy atom. The van der Waals surface area contributed by atoms with Crippen molar-refractivity contribution in [3.63, 3.8) is 0 Å². The van der Waals surface area contributed by atoms with Crippen LogP contribution in [0.2, 0.25) is 0 Å². The molecule has 0 unspecified atom stereocenters. The lowest BCUT2D eigenvalue weighted by Gasteiger charge is -2.17. The Balaban J connectivity index is 3.31. The van der Waals surface area contributed by atoms with E-state index < -0.39 is 23.0 Å². The largest absolute Gasteiger partial charge is 0.320 e. The maximum Gasteiger partial charge on any atom is 0.252 e. The predicted octanol–water partition coefficient (Wildman–Crippen LogP) is 1.19. The molecule has 7 heteroatoms. The van der Waals surface area contributed by atoms with Gasteiger partial charge in [-0.1, -0.05) is 17.9 Å². The lowest BCUT2D eigenvalue weighted by atomic mass is 10.1. The molecule has 1 rings (SSSR count). The smallest absolute Gasteiger partial charge is 0.252 e. The van der Waals surface area contributed by atoms with E-state index in [1.165, 1.54) is 6.07 Å². The summed E-state index contributed by atoms with van der Waals surface area (Å²) in [6, 6.07) is 4.55. The van der Waals surface area contributed by atoms with Gasteiger partial charge in [0.25, 0.3) is 6.43 Å². The topological polar surface area (TPSA) is 63.4 Å². The molecule has 0 amide bonds. The Morgan fingerprint density at radius 2 is 2.05 bits per heavy atom. The maximum absolute atomic E-state index is 12.3. The molecule has 0 fully saturated rings. The summed E-state index contributed by atoms with van der Waals surface area (Å²) in [6.45, 7) is 1.01. The Kier molecular flexibility index (Phi) is 5.62. The van der Waals surface area contributed by atoms with Crippen LogP contribution in [-0.2, 0) is 10.0 Å². The Hall–Kier alpha value is -1.49. The van der Waals surface area contributed by atoms with Gasteiger partial charge in [-0.3, -0.25) is 0 Å². The third-order valence-electron chi connectivity index (χ3n) is 2.54. The Morgan fingerprint density at radius 3 is 2.60 bits per heavy atom. The average Bonchev–Trinajstić information content (AvgIpc) is 2.35. The van der Waals surface area contributed by atoms with Crippen molar-refractivity contribution in [2.24, 2.45) is 5.73 Å². The van der Waals surface area contributed by atoms with Crippen molar-refractivity contribution in [1.29, 1.82) is 0 Å². The standard InChI is InChI=1S/C13H16F2N2O2S/c1-10-5-6-12(11(8-10)4-3-7-16)20(18,19)17(2)9-13(14)15/h5-6,8,13H,7,9,16H2,1-2H3. The zero-order valence-corrected chi connectivity index (χ0v) is 12.0. The van der Waals surface area contributed by atoms with Crippen LogP contribution in [0.1, 0.15) is 11.1 Å². The first-order valence-electron chi connectivity index (χ1n) is 5.83. The summed E-state index contributed by atoms with van der Waals surface area (Å²) in [5, 5.41) is 0. The summed E-state index contributed by atoms with van der Waals surface area (Å²) in [5.74, 6) is 5.23. The predicted molar refractivity (Wildman–Crippen MR) is 72.9 cm³/mol. The van der Waals surface area contributed by atoms with Crippen molar-refractivity contribution >= 4 is 10.0 Å². The van der Waals surface area contributed by atoms with Gasteiger partial charge < -0.3 is 5.73 Å². The number of nitrogens with zero attached hydrogens (tertiary/aromatic N) is 1. The molecule has 20 heavy (non-hydrogen) atoms. The van der Waals surface area contributed by atoms with Gasteiger partial charge in [0.15, 0.2) is 0 Å². The molecule has 0 atom stereocenters. The van der Waals surface area contributed by atoms with Crippen LogP contribution < -0.4 is 5.73 Å². The molecule has 0 saturated heterocycles. The molecule has 0 heterocycles. The Labute approximate surface area is 117 Å². The highest BCUT2D eigenvalue weighted by Crippen LogP contribution is 2.20.